The molecule has 6 heteroatoms. The molecule has 156 valence electrons. The van der Waals surface area contributed by atoms with E-state index in [9.17, 15) is 4.79 Å². The molecular formula is C22H36N4O2. The van der Waals surface area contributed by atoms with Crippen LogP contribution in [0.2, 0.25) is 0 Å². The molecule has 2 fully saturated rings. The number of nitrogens with zero attached hydrogens (tertiary/aromatic N) is 2. The minimum Gasteiger partial charge on any atom is -0.477 e. The van der Waals surface area contributed by atoms with Gasteiger partial charge in [0.15, 0.2) is 0 Å². The van der Waals surface area contributed by atoms with Crippen LogP contribution < -0.4 is 15.4 Å². The van der Waals surface area contributed by atoms with Crippen LogP contribution in [-0.4, -0.2) is 48.7 Å². The summed E-state index contributed by atoms with van der Waals surface area (Å²) in [5.41, 5.74) is 0.974. The highest BCUT2D eigenvalue weighted by Gasteiger charge is 2.22. The minimum atomic E-state index is -0.116. The van der Waals surface area contributed by atoms with E-state index in [0.29, 0.717) is 12.4 Å². The van der Waals surface area contributed by atoms with Crippen molar-refractivity contribution in [2.45, 2.75) is 52.5 Å². The van der Waals surface area contributed by atoms with Crippen LogP contribution in [0.5, 0.6) is 5.88 Å². The summed E-state index contributed by atoms with van der Waals surface area (Å²) >= 11 is 0. The van der Waals surface area contributed by atoms with Gasteiger partial charge in [0, 0.05) is 38.4 Å². The second-order valence-electron chi connectivity index (χ2n) is 8.78. The number of piperidine rings is 1. The van der Waals surface area contributed by atoms with Crippen LogP contribution in [0, 0.1) is 17.8 Å². The van der Waals surface area contributed by atoms with E-state index in [1.807, 2.05) is 12.1 Å². The first kappa shape index (κ1) is 20.9. The molecule has 2 N–H and O–H groups in total. The van der Waals surface area contributed by atoms with Crippen molar-refractivity contribution in [3.8, 4) is 5.88 Å². The standard InChI is InChI=1S/C22H36N4O2/c1-17-11-18(2)15-26(14-17)10-4-3-9-23-22(27)25-13-20-7-8-21(24-12-20)28-16-19-5-6-19/h7-8,12,17-19H,3-6,9-11,13-16H2,1-2H3,(H2,23,25,27)/t17-,18-/m0/s1. The second kappa shape index (κ2) is 10.6. The van der Waals surface area contributed by atoms with Gasteiger partial charge in [-0.2, -0.15) is 0 Å². The number of rotatable bonds is 10. The molecule has 3 rings (SSSR count). The molecule has 2 atom stereocenters. The Morgan fingerprint density at radius 1 is 1.18 bits per heavy atom. The second-order valence-corrected chi connectivity index (χ2v) is 8.78. The molecule has 2 amide bonds. The van der Waals surface area contributed by atoms with Gasteiger partial charge in [0.1, 0.15) is 0 Å². The number of amides is 2. The smallest absolute Gasteiger partial charge is 0.315 e. The van der Waals surface area contributed by atoms with Crippen molar-refractivity contribution in [2.24, 2.45) is 17.8 Å². The molecule has 1 saturated heterocycles. The number of likely N-dealkylation sites (tertiary alicyclic amines) is 1. The predicted molar refractivity (Wildman–Crippen MR) is 111 cm³/mol. The van der Waals surface area contributed by atoms with E-state index >= 15 is 0 Å². The Labute approximate surface area is 169 Å². The zero-order chi connectivity index (χ0) is 19.8. The predicted octanol–water partition coefficient (Wildman–Crippen LogP) is 3.43. The molecule has 1 saturated carbocycles. The van der Waals surface area contributed by atoms with Crippen LogP contribution in [0.15, 0.2) is 18.3 Å². The highest BCUT2D eigenvalue weighted by atomic mass is 16.5. The van der Waals surface area contributed by atoms with Crippen molar-refractivity contribution in [1.82, 2.24) is 20.5 Å². The lowest BCUT2D eigenvalue weighted by Crippen LogP contribution is -2.39. The Kier molecular flexibility index (Phi) is 7.95. The van der Waals surface area contributed by atoms with Gasteiger partial charge in [-0.3, -0.25) is 0 Å². The topological polar surface area (TPSA) is 66.5 Å². The van der Waals surface area contributed by atoms with Gasteiger partial charge in [0.25, 0.3) is 0 Å². The summed E-state index contributed by atoms with van der Waals surface area (Å²) in [5, 5.41) is 5.83. The van der Waals surface area contributed by atoms with Crippen LogP contribution in [0.1, 0.15) is 51.5 Å². The number of hydrogen-bond donors (Lipinski definition) is 2. The number of carbonyl (C=O) groups is 1. The van der Waals surface area contributed by atoms with Gasteiger partial charge >= 0.3 is 6.03 Å². The Morgan fingerprint density at radius 2 is 1.96 bits per heavy atom. The lowest BCUT2D eigenvalue weighted by atomic mass is 9.92. The quantitative estimate of drug-likeness (QED) is 0.603. The minimum absolute atomic E-state index is 0.116. The third-order valence-corrected chi connectivity index (χ3v) is 5.55. The normalized spacial score (nSPS) is 22.6. The number of nitrogens with one attached hydrogen (secondary N) is 2. The van der Waals surface area contributed by atoms with E-state index in [1.54, 1.807) is 6.20 Å². The summed E-state index contributed by atoms with van der Waals surface area (Å²) in [5.74, 6) is 3.00. The lowest BCUT2D eigenvalue weighted by molar-refractivity contribution is 0.139. The number of pyridine rings is 1. The van der Waals surface area contributed by atoms with E-state index in [2.05, 4.69) is 34.4 Å². The third-order valence-electron chi connectivity index (χ3n) is 5.55. The van der Waals surface area contributed by atoms with Crippen LogP contribution in [0.25, 0.3) is 0 Å². The van der Waals surface area contributed by atoms with Crippen molar-refractivity contribution in [3.05, 3.63) is 23.9 Å². The van der Waals surface area contributed by atoms with Crippen molar-refractivity contribution < 1.29 is 9.53 Å². The molecule has 1 aromatic heterocycles. The van der Waals surface area contributed by atoms with Gasteiger partial charge in [0.05, 0.1) is 6.61 Å². The average molecular weight is 389 g/mol. The number of ether oxygens (including phenoxy) is 1. The van der Waals surface area contributed by atoms with Crippen LogP contribution in [-0.2, 0) is 6.54 Å². The first-order valence-corrected chi connectivity index (χ1v) is 10.9. The molecular weight excluding hydrogens is 352 g/mol. The molecule has 28 heavy (non-hydrogen) atoms. The highest BCUT2D eigenvalue weighted by molar-refractivity contribution is 5.73. The van der Waals surface area contributed by atoms with Crippen molar-refractivity contribution >= 4 is 6.03 Å². The van der Waals surface area contributed by atoms with Gasteiger partial charge in [-0.25, -0.2) is 9.78 Å². The molecule has 0 bridgehead atoms. The van der Waals surface area contributed by atoms with Gasteiger partial charge < -0.3 is 20.3 Å². The molecule has 0 spiro atoms. The van der Waals surface area contributed by atoms with Crippen LogP contribution >= 0.6 is 0 Å². The number of aromatic nitrogens is 1. The summed E-state index contributed by atoms with van der Waals surface area (Å²) in [7, 11) is 0. The summed E-state index contributed by atoms with van der Waals surface area (Å²) < 4.78 is 5.63. The van der Waals surface area contributed by atoms with E-state index in [4.69, 9.17) is 4.74 Å². The molecule has 0 radical (unpaired) electrons. The summed E-state index contributed by atoms with van der Waals surface area (Å²) in [6, 6.07) is 3.71. The van der Waals surface area contributed by atoms with Crippen molar-refractivity contribution in [3.63, 3.8) is 0 Å². The maximum Gasteiger partial charge on any atom is 0.315 e. The van der Waals surface area contributed by atoms with Crippen molar-refractivity contribution in [1.29, 1.82) is 0 Å². The van der Waals surface area contributed by atoms with Crippen molar-refractivity contribution in [2.75, 3.05) is 32.8 Å². The first-order chi connectivity index (χ1) is 13.6. The average Bonchev–Trinajstić information content (AvgIpc) is 3.49. The Hall–Kier alpha value is -1.82. The van der Waals surface area contributed by atoms with Gasteiger partial charge in [-0.1, -0.05) is 19.9 Å². The molecule has 2 heterocycles. The summed E-state index contributed by atoms with van der Waals surface area (Å²) in [4.78, 5) is 18.8. The Morgan fingerprint density at radius 3 is 2.64 bits per heavy atom. The molecule has 1 aliphatic heterocycles. The number of carbonyl (C=O) groups excluding carboxylic acids is 1. The zero-order valence-corrected chi connectivity index (χ0v) is 17.5. The lowest BCUT2D eigenvalue weighted by Gasteiger charge is -2.34. The van der Waals surface area contributed by atoms with E-state index < -0.39 is 0 Å². The molecule has 0 unspecified atom stereocenters. The molecule has 1 aliphatic carbocycles. The summed E-state index contributed by atoms with van der Waals surface area (Å²) in [6.07, 6.45) is 7.81. The van der Waals surface area contributed by atoms with Crippen LogP contribution in [0.3, 0.4) is 0 Å². The molecule has 6 nitrogen and oxygen atoms in total. The fourth-order valence-electron chi connectivity index (χ4n) is 3.97. The molecule has 2 aliphatic rings. The number of urea groups is 1. The van der Waals surface area contributed by atoms with E-state index in [1.165, 1.54) is 32.4 Å². The Balaban J connectivity index is 1.22. The number of hydrogen-bond acceptors (Lipinski definition) is 4. The van der Waals surface area contributed by atoms with Gasteiger partial charge in [-0.05, 0) is 62.0 Å². The first-order valence-electron chi connectivity index (χ1n) is 10.9. The third kappa shape index (κ3) is 7.66. The van der Waals surface area contributed by atoms with E-state index in [0.717, 1.165) is 55.9 Å². The summed E-state index contributed by atoms with van der Waals surface area (Å²) in [6.45, 7) is 10.2. The fourth-order valence-corrected chi connectivity index (χ4v) is 3.97. The van der Waals surface area contributed by atoms with Crippen LogP contribution in [0.4, 0.5) is 4.79 Å². The maximum atomic E-state index is 11.9. The maximum absolute atomic E-state index is 11.9. The molecule has 1 aromatic rings. The fraction of sp³-hybridized carbons (Fsp3) is 0.727. The van der Waals surface area contributed by atoms with Gasteiger partial charge in [0.2, 0.25) is 5.88 Å². The molecule has 0 aromatic carbocycles. The monoisotopic (exact) mass is 388 g/mol. The van der Waals surface area contributed by atoms with Gasteiger partial charge in [-0.15, -0.1) is 0 Å². The highest BCUT2D eigenvalue weighted by Crippen LogP contribution is 2.29. The Bertz CT molecular complexity index is 593. The number of unbranched alkanes of at least 4 members (excludes halogenated alkanes) is 1. The largest absolute Gasteiger partial charge is 0.477 e. The SMILES string of the molecule is C[C@H]1C[C@H](C)CN(CCCCNC(=O)NCc2ccc(OCC3CC3)nc2)C1. The van der Waals surface area contributed by atoms with E-state index in [-0.39, 0.29) is 6.03 Å². The zero-order valence-electron chi connectivity index (χ0n) is 17.5.